The predicted octanol–water partition coefficient (Wildman–Crippen LogP) is 6.77. The Morgan fingerprint density at radius 2 is 1.43 bits per heavy atom. The molecule has 1 fully saturated rings. The van der Waals surface area contributed by atoms with E-state index in [-0.39, 0.29) is 25.5 Å². The summed E-state index contributed by atoms with van der Waals surface area (Å²) in [4.78, 5) is 25.1. The molecule has 5 rings (SSSR count). The first-order valence-electron chi connectivity index (χ1n) is 13.0. The van der Waals surface area contributed by atoms with Crippen LogP contribution in [0.5, 0.6) is 5.75 Å². The predicted molar refractivity (Wildman–Crippen MR) is 137 cm³/mol. The summed E-state index contributed by atoms with van der Waals surface area (Å²) in [5.41, 5.74) is 2.06. The van der Waals surface area contributed by atoms with Crippen LogP contribution in [0.2, 0.25) is 0 Å². The minimum absolute atomic E-state index is 0.0456. The lowest BCUT2D eigenvalue weighted by atomic mass is 9.77. The highest BCUT2D eigenvalue weighted by Gasteiger charge is 2.30. The zero-order chi connectivity index (χ0) is 28.6. The molecular formula is C30H26F5NO4. The Morgan fingerprint density at radius 3 is 2.05 bits per heavy atom. The molecule has 2 aliphatic rings. The maximum Gasteiger partial charge on any atom is 0.303 e. The van der Waals surface area contributed by atoms with Crippen LogP contribution in [0.15, 0.2) is 42.5 Å². The van der Waals surface area contributed by atoms with Gasteiger partial charge < -0.3 is 14.7 Å². The van der Waals surface area contributed by atoms with E-state index in [2.05, 4.69) is 12.1 Å². The molecule has 210 valence electrons. The fraction of sp³-hybridized carbons (Fsp3) is 0.333. The number of halogens is 5. The van der Waals surface area contributed by atoms with Crippen molar-refractivity contribution in [2.24, 2.45) is 5.92 Å². The quantitative estimate of drug-likeness (QED) is 0.206. The summed E-state index contributed by atoms with van der Waals surface area (Å²) in [6, 6.07) is 13.2. The zero-order valence-electron chi connectivity index (χ0n) is 21.4. The monoisotopic (exact) mass is 559 g/mol. The van der Waals surface area contributed by atoms with E-state index in [1.54, 1.807) is 18.2 Å². The summed E-state index contributed by atoms with van der Waals surface area (Å²) < 4.78 is 74.6. The van der Waals surface area contributed by atoms with E-state index in [0.717, 1.165) is 36.8 Å². The van der Waals surface area contributed by atoms with Crippen LogP contribution in [0.3, 0.4) is 0 Å². The maximum atomic E-state index is 14.1. The van der Waals surface area contributed by atoms with Gasteiger partial charge in [0.25, 0.3) is 0 Å². The van der Waals surface area contributed by atoms with Crippen LogP contribution in [0.4, 0.5) is 27.6 Å². The van der Waals surface area contributed by atoms with Gasteiger partial charge >= 0.3 is 5.97 Å². The van der Waals surface area contributed by atoms with Gasteiger partial charge in [-0.05, 0) is 66.3 Å². The molecule has 0 spiro atoms. The van der Waals surface area contributed by atoms with Crippen molar-refractivity contribution >= 4 is 17.6 Å². The molecule has 0 bridgehead atoms. The van der Waals surface area contributed by atoms with Gasteiger partial charge in [0, 0.05) is 12.0 Å². The number of carbonyl (C=O) groups excluding carboxylic acids is 1. The molecule has 0 atom stereocenters. The van der Waals surface area contributed by atoms with E-state index in [1.165, 1.54) is 10.5 Å². The molecule has 40 heavy (non-hydrogen) atoms. The van der Waals surface area contributed by atoms with Crippen molar-refractivity contribution < 1.29 is 41.4 Å². The average molecular weight is 560 g/mol. The van der Waals surface area contributed by atoms with Crippen LogP contribution >= 0.6 is 0 Å². The third kappa shape index (κ3) is 5.39. The Hall–Kier alpha value is -3.95. The Balaban J connectivity index is 1.30. The highest BCUT2D eigenvalue weighted by molar-refractivity contribution is 5.97. The van der Waals surface area contributed by atoms with E-state index < -0.39 is 52.9 Å². The molecule has 1 amide bonds. The Morgan fingerprint density at radius 1 is 0.825 bits per heavy atom. The number of nitrogens with zero attached hydrogens (tertiary/aromatic N) is 1. The van der Waals surface area contributed by atoms with E-state index in [4.69, 9.17) is 9.84 Å². The summed E-state index contributed by atoms with van der Waals surface area (Å²) >= 11 is 0. The molecule has 1 N–H and O–H groups in total. The summed E-state index contributed by atoms with van der Waals surface area (Å²) in [5, 5.41) is 9.02. The Bertz CT molecular complexity index is 1420. The minimum atomic E-state index is -2.27. The van der Waals surface area contributed by atoms with Crippen LogP contribution < -0.4 is 9.64 Å². The number of fused-ring (bicyclic) bond motifs is 1. The number of benzene rings is 3. The summed E-state index contributed by atoms with van der Waals surface area (Å²) in [5.74, 6) is -11.1. The van der Waals surface area contributed by atoms with Crippen molar-refractivity contribution in [3.63, 3.8) is 0 Å². The first kappa shape index (κ1) is 27.6. The standard InChI is InChI=1S/C30H26F5NO4/c31-26-21(27(32)29(34)30(35)28(26)33)15-24(37)36-11-12-40-23-14-20(9-10-22(23)36)19-7-5-18(6-8-19)17-3-1-16(2-4-17)13-25(38)39/h5-10,14,16-17H,1-4,11-13,15H2,(H,38,39). The van der Waals surface area contributed by atoms with Gasteiger partial charge in [-0.1, -0.05) is 30.3 Å². The molecule has 5 nitrogen and oxygen atoms in total. The number of amides is 1. The van der Waals surface area contributed by atoms with Gasteiger partial charge in [0.1, 0.15) is 12.4 Å². The fourth-order valence-corrected chi connectivity index (χ4v) is 5.61. The Labute approximate surface area is 227 Å². The SMILES string of the molecule is O=C(O)CC1CCC(c2ccc(-c3ccc4c(c3)OCCN4C(=O)Cc3c(F)c(F)c(F)c(F)c3F)cc2)CC1. The highest BCUT2D eigenvalue weighted by Crippen LogP contribution is 2.39. The lowest BCUT2D eigenvalue weighted by Gasteiger charge is -2.30. The molecule has 0 aromatic heterocycles. The third-order valence-corrected chi connectivity index (χ3v) is 7.78. The smallest absolute Gasteiger partial charge is 0.303 e. The van der Waals surface area contributed by atoms with Gasteiger partial charge in [-0.15, -0.1) is 0 Å². The molecule has 1 aliphatic heterocycles. The van der Waals surface area contributed by atoms with Crippen molar-refractivity contribution in [1.82, 2.24) is 0 Å². The topological polar surface area (TPSA) is 66.8 Å². The molecule has 3 aromatic rings. The Kier molecular flexibility index (Phi) is 7.78. The molecule has 1 heterocycles. The molecular weight excluding hydrogens is 533 g/mol. The van der Waals surface area contributed by atoms with Crippen molar-refractivity contribution in [3.05, 3.63) is 82.7 Å². The van der Waals surface area contributed by atoms with Crippen molar-refractivity contribution in [2.75, 3.05) is 18.1 Å². The minimum Gasteiger partial charge on any atom is -0.490 e. The normalized spacial score (nSPS) is 18.7. The highest BCUT2D eigenvalue weighted by atomic mass is 19.2. The lowest BCUT2D eigenvalue weighted by molar-refractivity contribution is -0.138. The average Bonchev–Trinajstić information content (AvgIpc) is 2.97. The van der Waals surface area contributed by atoms with Crippen LogP contribution in [0, 0.1) is 35.0 Å². The number of carbonyl (C=O) groups is 2. The van der Waals surface area contributed by atoms with Gasteiger partial charge in [-0.25, -0.2) is 22.0 Å². The molecule has 0 unspecified atom stereocenters. The molecule has 0 saturated heterocycles. The number of hydrogen-bond acceptors (Lipinski definition) is 3. The maximum absolute atomic E-state index is 14.1. The first-order valence-corrected chi connectivity index (χ1v) is 13.0. The lowest BCUT2D eigenvalue weighted by Crippen LogP contribution is -2.39. The second-order valence-electron chi connectivity index (χ2n) is 10.2. The van der Waals surface area contributed by atoms with Gasteiger partial charge in [-0.2, -0.15) is 0 Å². The van der Waals surface area contributed by atoms with Crippen molar-refractivity contribution in [2.45, 2.75) is 44.4 Å². The van der Waals surface area contributed by atoms with E-state index in [1.807, 2.05) is 12.1 Å². The summed E-state index contributed by atoms with van der Waals surface area (Å²) in [7, 11) is 0. The number of carboxylic acids is 1. The summed E-state index contributed by atoms with van der Waals surface area (Å²) in [6.45, 7) is 0.132. The number of hydrogen-bond donors (Lipinski definition) is 1. The second kappa shape index (κ2) is 11.3. The third-order valence-electron chi connectivity index (χ3n) is 7.78. The fourth-order valence-electron chi connectivity index (χ4n) is 5.61. The molecule has 1 saturated carbocycles. The van der Waals surface area contributed by atoms with E-state index >= 15 is 0 Å². The number of aliphatic carboxylic acids is 1. The van der Waals surface area contributed by atoms with Gasteiger partial charge in [-0.3, -0.25) is 9.59 Å². The van der Waals surface area contributed by atoms with Crippen LogP contribution in [-0.4, -0.2) is 30.1 Å². The first-order chi connectivity index (χ1) is 19.1. The van der Waals surface area contributed by atoms with E-state index in [9.17, 15) is 31.5 Å². The number of anilines is 1. The van der Waals surface area contributed by atoms with Crippen LogP contribution in [-0.2, 0) is 16.0 Å². The molecule has 1 aliphatic carbocycles. The van der Waals surface area contributed by atoms with Gasteiger partial charge in [0.15, 0.2) is 23.3 Å². The van der Waals surface area contributed by atoms with Crippen LogP contribution in [0.1, 0.15) is 49.1 Å². The number of ether oxygens (including phenoxy) is 1. The van der Waals surface area contributed by atoms with Crippen LogP contribution in [0.25, 0.3) is 11.1 Å². The van der Waals surface area contributed by atoms with Gasteiger partial charge in [0.05, 0.1) is 18.7 Å². The zero-order valence-corrected chi connectivity index (χ0v) is 21.4. The molecule has 3 aromatic carbocycles. The number of rotatable bonds is 6. The second-order valence-corrected chi connectivity index (χ2v) is 10.2. The molecule has 10 heteroatoms. The van der Waals surface area contributed by atoms with Crippen molar-refractivity contribution in [3.8, 4) is 16.9 Å². The largest absolute Gasteiger partial charge is 0.490 e. The van der Waals surface area contributed by atoms with E-state index in [0.29, 0.717) is 17.4 Å². The summed E-state index contributed by atoms with van der Waals surface area (Å²) in [6.07, 6.45) is 2.87. The van der Waals surface area contributed by atoms with Gasteiger partial charge in [0.2, 0.25) is 11.7 Å². The van der Waals surface area contributed by atoms with Crippen molar-refractivity contribution in [1.29, 1.82) is 0 Å². The number of carboxylic acid groups (broad SMARTS) is 1. The molecule has 0 radical (unpaired) electrons.